The van der Waals surface area contributed by atoms with E-state index in [-0.39, 0.29) is 16.8 Å². The summed E-state index contributed by atoms with van der Waals surface area (Å²) in [6, 6.07) is 14.8. The Kier molecular flexibility index (Phi) is 4.16. The highest BCUT2D eigenvalue weighted by Crippen LogP contribution is 2.34. The lowest BCUT2D eigenvalue weighted by Gasteiger charge is -2.30. The van der Waals surface area contributed by atoms with Crippen LogP contribution in [0.15, 0.2) is 48.5 Å². The molecule has 1 aliphatic rings. The third-order valence-electron chi connectivity index (χ3n) is 4.21. The van der Waals surface area contributed by atoms with Crippen LogP contribution in [0.5, 0.6) is 5.75 Å². The normalized spacial score (nSPS) is 18.2. The van der Waals surface area contributed by atoms with Crippen LogP contribution in [0.1, 0.15) is 11.7 Å². The van der Waals surface area contributed by atoms with Crippen molar-refractivity contribution in [2.24, 2.45) is 0 Å². The van der Waals surface area contributed by atoms with Gasteiger partial charge in [-0.2, -0.15) is 0 Å². The van der Waals surface area contributed by atoms with Gasteiger partial charge in [0, 0.05) is 30.9 Å². The summed E-state index contributed by atoms with van der Waals surface area (Å²) in [5, 5.41) is 10.8. The summed E-state index contributed by atoms with van der Waals surface area (Å²) in [5.41, 5.74) is 2.27. The maximum atomic E-state index is 10.8. The summed E-state index contributed by atoms with van der Waals surface area (Å²) in [6.07, 6.45) is 0.113. The van der Waals surface area contributed by atoms with E-state index in [2.05, 4.69) is 29.0 Å². The molecular weight excluding hydrogens is 294 g/mol. The minimum atomic E-state index is -0.374. The van der Waals surface area contributed by atoms with Crippen molar-refractivity contribution >= 4 is 11.4 Å². The van der Waals surface area contributed by atoms with Crippen LogP contribution < -0.4 is 9.64 Å². The van der Waals surface area contributed by atoms with Gasteiger partial charge >= 0.3 is 0 Å². The van der Waals surface area contributed by atoms with Gasteiger partial charge in [-0.25, -0.2) is 0 Å². The highest BCUT2D eigenvalue weighted by molar-refractivity contribution is 5.53. The van der Waals surface area contributed by atoms with Crippen molar-refractivity contribution in [1.29, 1.82) is 0 Å². The smallest absolute Gasteiger partial charge is 0.269 e. The molecule has 3 rings (SSSR count). The van der Waals surface area contributed by atoms with E-state index in [0.717, 1.165) is 24.5 Å². The van der Waals surface area contributed by atoms with Crippen molar-refractivity contribution in [3.8, 4) is 5.75 Å². The molecule has 120 valence electrons. The highest BCUT2D eigenvalue weighted by atomic mass is 16.6. The van der Waals surface area contributed by atoms with Crippen LogP contribution in [0.4, 0.5) is 11.4 Å². The minimum absolute atomic E-state index is 0.113. The summed E-state index contributed by atoms with van der Waals surface area (Å²) >= 11 is 0. The van der Waals surface area contributed by atoms with Gasteiger partial charge in [0.25, 0.3) is 5.69 Å². The molecule has 6 nitrogen and oxygen atoms in total. The van der Waals surface area contributed by atoms with Crippen LogP contribution in [0.25, 0.3) is 0 Å². The molecule has 0 N–H and O–H groups in total. The standard InChI is InChI=1S/C17H19N3O3/c1-18-11-12-19(14-5-7-15(8-6-14)20(21)22)17(18)13-3-9-16(23-2)10-4-13/h3-10,17H,11-12H2,1-2H3. The van der Waals surface area contributed by atoms with E-state index in [4.69, 9.17) is 4.74 Å². The molecule has 1 heterocycles. The number of nitrogens with zero attached hydrogens (tertiary/aromatic N) is 3. The van der Waals surface area contributed by atoms with Gasteiger partial charge < -0.3 is 9.64 Å². The van der Waals surface area contributed by atoms with E-state index in [0.29, 0.717) is 0 Å². The Morgan fingerprint density at radius 2 is 1.74 bits per heavy atom. The van der Waals surface area contributed by atoms with Crippen molar-refractivity contribution < 1.29 is 9.66 Å². The second kappa shape index (κ2) is 6.26. The average Bonchev–Trinajstić information content (AvgIpc) is 2.96. The molecule has 0 saturated carbocycles. The third-order valence-corrected chi connectivity index (χ3v) is 4.21. The first-order chi connectivity index (χ1) is 11.1. The van der Waals surface area contributed by atoms with Crippen molar-refractivity contribution in [1.82, 2.24) is 4.90 Å². The molecule has 1 fully saturated rings. The lowest BCUT2D eigenvalue weighted by molar-refractivity contribution is -0.384. The molecule has 0 radical (unpaired) electrons. The second-order valence-electron chi connectivity index (χ2n) is 5.59. The van der Waals surface area contributed by atoms with E-state index >= 15 is 0 Å². The van der Waals surface area contributed by atoms with E-state index in [9.17, 15) is 10.1 Å². The predicted octanol–water partition coefficient (Wildman–Crippen LogP) is 3.05. The van der Waals surface area contributed by atoms with Crippen LogP contribution in [0, 0.1) is 10.1 Å². The first-order valence-corrected chi connectivity index (χ1v) is 7.45. The Hall–Kier alpha value is -2.60. The molecule has 6 heteroatoms. The maximum absolute atomic E-state index is 10.8. The molecule has 1 unspecified atom stereocenters. The van der Waals surface area contributed by atoms with Gasteiger partial charge in [0.1, 0.15) is 11.9 Å². The van der Waals surface area contributed by atoms with E-state index in [1.807, 2.05) is 24.3 Å². The van der Waals surface area contributed by atoms with Gasteiger partial charge in [0.2, 0.25) is 0 Å². The summed E-state index contributed by atoms with van der Waals surface area (Å²) in [7, 11) is 3.74. The van der Waals surface area contributed by atoms with Crippen LogP contribution in [0.3, 0.4) is 0 Å². The topological polar surface area (TPSA) is 58.8 Å². The number of likely N-dealkylation sites (N-methyl/N-ethyl adjacent to an activating group) is 1. The SMILES string of the molecule is COc1ccc(C2N(C)CCN2c2ccc([N+](=O)[O-])cc2)cc1. The van der Waals surface area contributed by atoms with Gasteiger partial charge in [-0.15, -0.1) is 0 Å². The Labute approximate surface area is 135 Å². The molecule has 0 aliphatic carbocycles. The Morgan fingerprint density at radius 3 is 2.30 bits per heavy atom. The number of nitro groups is 1. The molecule has 0 aromatic heterocycles. The van der Waals surface area contributed by atoms with Gasteiger partial charge in [-0.05, 0) is 36.9 Å². The zero-order chi connectivity index (χ0) is 16.4. The van der Waals surface area contributed by atoms with Crippen molar-refractivity contribution in [2.45, 2.75) is 6.17 Å². The summed E-state index contributed by atoms with van der Waals surface area (Å²) in [5.74, 6) is 0.830. The van der Waals surface area contributed by atoms with Crippen LogP contribution in [0.2, 0.25) is 0 Å². The van der Waals surface area contributed by atoms with Gasteiger partial charge in [-0.3, -0.25) is 15.0 Å². The van der Waals surface area contributed by atoms with E-state index in [1.165, 1.54) is 5.56 Å². The van der Waals surface area contributed by atoms with Crippen molar-refractivity contribution in [2.75, 3.05) is 32.1 Å². The number of hydrogen-bond donors (Lipinski definition) is 0. The van der Waals surface area contributed by atoms with Crippen molar-refractivity contribution in [3.05, 3.63) is 64.2 Å². The predicted molar refractivity (Wildman–Crippen MR) is 88.8 cm³/mol. The number of anilines is 1. The first-order valence-electron chi connectivity index (χ1n) is 7.45. The van der Waals surface area contributed by atoms with Gasteiger partial charge in [0.15, 0.2) is 0 Å². The largest absolute Gasteiger partial charge is 0.497 e. The number of non-ortho nitro benzene ring substituents is 1. The third kappa shape index (κ3) is 2.98. The minimum Gasteiger partial charge on any atom is -0.497 e. The second-order valence-corrected chi connectivity index (χ2v) is 5.59. The Balaban J connectivity index is 1.89. The number of benzene rings is 2. The molecule has 23 heavy (non-hydrogen) atoms. The average molecular weight is 313 g/mol. The molecule has 2 aromatic carbocycles. The summed E-state index contributed by atoms with van der Waals surface area (Å²) in [6.45, 7) is 1.82. The molecular formula is C17H19N3O3. The fourth-order valence-corrected chi connectivity index (χ4v) is 2.99. The molecule has 1 aliphatic heterocycles. The number of methoxy groups -OCH3 is 1. The fourth-order valence-electron chi connectivity index (χ4n) is 2.99. The molecule has 0 bridgehead atoms. The number of hydrogen-bond acceptors (Lipinski definition) is 5. The summed E-state index contributed by atoms with van der Waals surface area (Å²) in [4.78, 5) is 15.0. The number of rotatable bonds is 4. The Morgan fingerprint density at radius 1 is 1.09 bits per heavy atom. The van der Waals surface area contributed by atoms with Crippen LogP contribution in [-0.4, -0.2) is 37.1 Å². The number of ether oxygens (including phenoxy) is 1. The van der Waals surface area contributed by atoms with Gasteiger partial charge in [0.05, 0.1) is 12.0 Å². The fraction of sp³-hybridized carbons (Fsp3) is 0.294. The molecule has 0 amide bonds. The van der Waals surface area contributed by atoms with E-state index < -0.39 is 0 Å². The number of nitro benzene ring substituents is 1. The molecule has 1 atom stereocenters. The monoisotopic (exact) mass is 313 g/mol. The van der Waals surface area contributed by atoms with Gasteiger partial charge in [-0.1, -0.05) is 12.1 Å². The Bertz CT molecular complexity index is 685. The van der Waals surface area contributed by atoms with Crippen LogP contribution >= 0.6 is 0 Å². The van der Waals surface area contributed by atoms with E-state index in [1.54, 1.807) is 19.2 Å². The van der Waals surface area contributed by atoms with Crippen LogP contribution in [-0.2, 0) is 0 Å². The zero-order valence-corrected chi connectivity index (χ0v) is 13.2. The molecule has 0 spiro atoms. The highest BCUT2D eigenvalue weighted by Gasteiger charge is 2.31. The quantitative estimate of drug-likeness (QED) is 0.641. The lowest BCUT2D eigenvalue weighted by atomic mass is 10.1. The maximum Gasteiger partial charge on any atom is 0.269 e. The summed E-state index contributed by atoms with van der Waals surface area (Å²) < 4.78 is 5.21. The zero-order valence-electron chi connectivity index (χ0n) is 13.2. The first kappa shape index (κ1) is 15.3. The lowest BCUT2D eigenvalue weighted by Crippen LogP contribution is -2.28. The molecule has 1 saturated heterocycles. The molecule has 2 aromatic rings. The van der Waals surface area contributed by atoms with Crippen molar-refractivity contribution in [3.63, 3.8) is 0 Å².